The maximum atomic E-state index is 12.6. The quantitative estimate of drug-likeness (QED) is 0.181. The summed E-state index contributed by atoms with van der Waals surface area (Å²) in [6.45, 7) is 4.21. The molecule has 36 heavy (non-hydrogen) atoms. The highest BCUT2D eigenvalue weighted by Gasteiger charge is 2.12. The Balaban J connectivity index is 1.27. The number of pyridine rings is 1. The third-order valence-corrected chi connectivity index (χ3v) is 6.91. The van der Waals surface area contributed by atoms with Crippen molar-refractivity contribution in [3.63, 3.8) is 0 Å². The first kappa shape index (κ1) is 27.9. The average Bonchev–Trinajstić information content (AvgIpc) is 3.25. The minimum absolute atomic E-state index is 0.0478. The van der Waals surface area contributed by atoms with Gasteiger partial charge in [0.05, 0.1) is 11.2 Å². The van der Waals surface area contributed by atoms with E-state index in [1.54, 1.807) is 4.68 Å². The molecule has 0 unspecified atom stereocenters. The monoisotopic (exact) mass is 490 g/mol. The molecule has 1 amide bonds. The Morgan fingerprint density at radius 2 is 1.36 bits per heavy atom. The predicted molar refractivity (Wildman–Crippen MR) is 152 cm³/mol. The highest BCUT2D eigenvalue weighted by Crippen LogP contribution is 2.20. The van der Waals surface area contributed by atoms with Crippen LogP contribution in [-0.4, -0.2) is 20.7 Å². The van der Waals surface area contributed by atoms with Gasteiger partial charge < -0.3 is 5.32 Å². The lowest BCUT2D eigenvalue weighted by Gasteiger charge is -2.09. The molecule has 0 aliphatic heterocycles. The van der Waals surface area contributed by atoms with Gasteiger partial charge in [-0.25, -0.2) is 4.98 Å². The molecule has 5 heteroatoms. The highest BCUT2D eigenvalue weighted by molar-refractivity contribution is 5.90. The Kier molecular flexibility index (Phi) is 12.5. The Labute approximate surface area is 218 Å². The number of aryl methyl sites for hydroxylation is 1. The summed E-state index contributed by atoms with van der Waals surface area (Å²) in [5, 5.41) is 8.69. The fourth-order valence-corrected chi connectivity index (χ4v) is 4.80. The maximum Gasteiger partial charge on any atom is 0.225 e. The van der Waals surface area contributed by atoms with E-state index in [1.165, 1.54) is 83.5 Å². The molecule has 1 N–H and O–H groups in total. The summed E-state index contributed by atoms with van der Waals surface area (Å²) in [4.78, 5) is 17.3. The Morgan fingerprint density at radius 1 is 0.778 bits per heavy atom. The van der Waals surface area contributed by atoms with E-state index in [0.29, 0.717) is 18.1 Å². The second-order valence-corrected chi connectivity index (χ2v) is 10.2. The standard InChI is InChI=1S/C31H46N4O/c1-3-4-5-6-7-8-9-10-11-12-13-14-15-16-17-22-31(36)33-30-25-26(2)34-35(30)29-24-23-27-20-18-19-21-28(27)32-29/h18-21,23-25H,3-17,22H2,1-2H3,(H,33,36). The van der Waals surface area contributed by atoms with Crippen LogP contribution in [-0.2, 0) is 4.79 Å². The van der Waals surface area contributed by atoms with Crippen LogP contribution in [0.5, 0.6) is 0 Å². The molecule has 0 spiro atoms. The minimum atomic E-state index is 0.0478. The predicted octanol–water partition coefficient (Wildman–Crippen LogP) is 8.93. The van der Waals surface area contributed by atoms with E-state index >= 15 is 0 Å². The molecule has 0 saturated heterocycles. The molecule has 0 radical (unpaired) electrons. The normalized spacial score (nSPS) is 11.3. The van der Waals surface area contributed by atoms with Crippen molar-refractivity contribution in [3.8, 4) is 5.82 Å². The number of carbonyl (C=O) groups is 1. The number of hydrogen-bond acceptors (Lipinski definition) is 3. The molecule has 0 atom stereocenters. The molecular formula is C31H46N4O. The Hall–Kier alpha value is -2.69. The smallest absolute Gasteiger partial charge is 0.225 e. The number of aromatic nitrogens is 3. The van der Waals surface area contributed by atoms with Crippen molar-refractivity contribution >= 4 is 22.6 Å². The Morgan fingerprint density at radius 3 is 2.00 bits per heavy atom. The topological polar surface area (TPSA) is 59.8 Å². The van der Waals surface area contributed by atoms with Crippen LogP contribution in [0.25, 0.3) is 16.7 Å². The number of unbranched alkanes of at least 4 members (excludes halogenated alkanes) is 14. The number of amides is 1. The number of hydrogen-bond donors (Lipinski definition) is 1. The highest BCUT2D eigenvalue weighted by atomic mass is 16.1. The maximum absolute atomic E-state index is 12.6. The van der Waals surface area contributed by atoms with Crippen LogP contribution < -0.4 is 5.32 Å². The van der Waals surface area contributed by atoms with Crippen molar-refractivity contribution in [2.75, 3.05) is 5.32 Å². The number of anilines is 1. The fraction of sp³-hybridized carbons (Fsp3) is 0.581. The van der Waals surface area contributed by atoms with Gasteiger partial charge in [-0.05, 0) is 31.5 Å². The van der Waals surface area contributed by atoms with Crippen molar-refractivity contribution in [2.24, 2.45) is 0 Å². The molecule has 3 rings (SSSR count). The van der Waals surface area contributed by atoms with Gasteiger partial charge in [0, 0.05) is 17.9 Å². The van der Waals surface area contributed by atoms with Crippen molar-refractivity contribution in [1.82, 2.24) is 14.8 Å². The minimum Gasteiger partial charge on any atom is -0.311 e. The lowest BCUT2D eigenvalue weighted by Crippen LogP contribution is -2.15. The SMILES string of the molecule is CCCCCCCCCCCCCCCCCC(=O)Nc1cc(C)nn1-c1ccc2ccccc2n1. The summed E-state index contributed by atoms with van der Waals surface area (Å²) in [5.74, 6) is 1.44. The number of rotatable bonds is 18. The third-order valence-electron chi connectivity index (χ3n) is 6.91. The molecule has 0 fully saturated rings. The molecule has 196 valence electrons. The number of nitrogens with one attached hydrogen (secondary N) is 1. The third kappa shape index (κ3) is 9.75. The van der Waals surface area contributed by atoms with Crippen LogP contribution >= 0.6 is 0 Å². The molecule has 0 bridgehead atoms. The van der Waals surface area contributed by atoms with E-state index in [0.717, 1.165) is 29.4 Å². The van der Waals surface area contributed by atoms with Crippen molar-refractivity contribution in [1.29, 1.82) is 0 Å². The van der Waals surface area contributed by atoms with Gasteiger partial charge in [0.2, 0.25) is 5.91 Å². The molecule has 0 aliphatic carbocycles. The summed E-state index contributed by atoms with van der Waals surface area (Å²) in [6.07, 6.45) is 20.5. The summed E-state index contributed by atoms with van der Waals surface area (Å²) >= 11 is 0. The zero-order valence-electron chi connectivity index (χ0n) is 22.6. The van der Waals surface area contributed by atoms with E-state index in [2.05, 4.69) is 17.3 Å². The fourth-order valence-electron chi connectivity index (χ4n) is 4.80. The first-order valence-corrected chi connectivity index (χ1v) is 14.4. The van der Waals surface area contributed by atoms with Gasteiger partial charge in [0.25, 0.3) is 0 Å². The molecule has 2 aromatic heterocycles. The second kappa shape index (κ2) is 16.1. The van der Waals surface area contributed by atoms with Gasteiger partial charge in [-0.15, -0.1) is 0 Å². The number of carbonyl (C=O) groups excluding carboxylic acids is 1. The molecule has 2 heterocycles. The van der Waals surface area contributed by atoms with Crippen LogP contribution in [0.2, 0.25) is 0 Å². The number of nitrogens with zero attached hydrogens (tertiary/aromatic N) is 3. The Bertz CT molecular complexity index is 1040. The van der Waals surface area contributed by atoms with Crippen LogP contribution in [0.1, 0.15) is 115 Å². The lowest BCUT2D eigenvalue weighted by molar-refractivity contribution is -0.116. The van der Waals surface area contributed by atoms with Crippen molar-refractivity contribution in [2.45, 2.75) is 117 Å². The number of fused-ring (bicyclic) bond motifs is 1. The number of benzene rings is 1. The van der Waals surface area contributed by atoms with E-state index in [1.807, 2.05) is 49.4 Å². The largest absolute Gasteiger partial charge is 0.311 e. The van der Waals surface area contributed by atoms with Gasteiger partial charge >= 0.3 is 0 Å². The van der Waals surface area contributed by atoms with Crippen molar-refractivity contribution < 1.29 is 4.79 Å². The first-order valence-electron chi connectivity index (χ1n) is 14.4. The van der Waals surface area contributed by atoms with Gasteiger partial charge in [-0.2, -0.15) is 9.78 Å². The van der Waals surface area contributed by atoms with Gasteiger partial charge in [-0.3, -0.25) is 4.79 Å². The van der Waals surface area contributed by atoms with E-state index in [4.69, 9.17) is 4.98 Å². The lowest BCUT2D eigenvalue weighted by atomic mass is 10.0. The van der Waals surface area contributed by atoms with E-state index < -0.39 is 0 Å². The van der Waals surface area contributed by atoms with Crippen LogP contribution in [0.4, 0.5) is 5.82 Å². The molecule has 3 aromatic rings. The summed E-state index contributed by atoms with van der Waals surface area (Å²) < 4.78 is 1.73. The molecule has 5 nitrogen and oxygen atoms in total. The molecule has 1 aromatic carbocycles. The van der Waals surface area contributed by atoms with Gasteiger partial charge in [0.1, 0.15) is 5.82 Å². The molecular weight excluding hydrogens is 444 g/mol. The summed E-state index contributed by atoms with van der Waals surface area (Å²) in [7, 11) is 0. The zero-order valence-corrected chi connectivity index (χ0v) is 22.6. The molecule has 0 aliphatic rings. The summed E-state index contributed by atoms with van der Waals surface area (Å²) in [5.41, 5.74) is 1.77. The summed E-state index contributed by atoms with van der Waals surface area (Å²) in [6, 6.07) is 13.9. The zero-order chi connectivity index (χ0) is 25.4. The van der Waals surface area contributed by atoms with E-state index in [9.17, 15) is 4.79 Å². The average molecular weight is 491 g/mol. The molecule has 0 saturated carbocycles. The first-order chi connectivity index (χ1) is 17.7. The number of para-hydroxylation sites is 1. The van der Waals surface area contributed by atoms with Gasteiger partial charge in [-0.1, -0.05) is 115 Å². The van der Waals surface area contributed by atoms with Crippen LogP contribution in [0, 0.1) is 6.92 Å². The van der Waals surface area contributed by atoms with Crippen molar-refractivity contribution in [3.05, 3.63) is 48.2 Å². The second-order valence-electron chi connectivity index (χ2n) is 10.2. The van der Waals surface area contributed by atoms with Crippen LogP contribution in [0.15, 0.2) is 42.5 Å². The van der Waals surface area contributed by atoms with Gasteiger partial charge in [0.15, 0.2) is 5.82 Å². The van der Waals surface area contributed by atoms with Crippen LogP contribution in [0.3, 0.4) is 0 Å². The van der Waals surface area contributed by atoms with E-state index in [-0.39, 0.29) is 5.91 Å².